The number of halogens is 11. The van der Waals surface area contributed by atoms with Crippen LogP contribution in [-0.4, -0.2) is 17.2 Å². The average Bonchev–Trinajstić information content (AvgIpc) is 2.88. The highest BCUT2D eigenvalue weighted by Crippen LogP contribution is 2.35. The third kappa shape index (κ3) is 2.69. The monoisotopic (exact) mass is 369 g/mol. The molecule has 0 aliphatic heterocycles. The van der Waals surface area contributed by atoms with E-state index < -0.39 is 64.7 Å². The van der Waals surface area contributed by atoms with Gasteiger partial charge in [0.25, 0.3) is 0 Å². The summed E-state index contributed by atoms with van der Waals surface area (Å²) in [7, 11) is 0. The third-order valence-electron chi connectivity index (χ3n) is 2.86. The molecule has 0 unspecified atom stereocenters. The Labute approximate surface area is 124 Å². The first-order chi connectivity index (χ1) is 10.8. The third-order valence-corrected chi connectivity index (χ3v) is 2.86. The minimum Gasteiger partial charge on any atom is -0.445 e. The Kier molecular flexibility index (Phi) is 4.05. The lowest BCUT2D eigenvalue weighted by Crippen LogP contribution is -2.40. The van der Waals surface area contributed by atoms with Crippen molar-refractivity contribution in [1.82, 2.24) is 10.2 Å². The zero-order chi connectivity index (χ0) is 18.6. The van der Waals surface area contributed by atoms with Gasteiger partial charge in [-0.3, -0.25) is 5.10 Å². The van der Waals surface area contributed by atoms with Crippen LogP contribution >= 0.6 is 0 Å². The molecule has 0 saturated heterocycles. The average molecular weight is 369 g/mol. The smallest absolute Gasteiger partial charge is 0.445 e. The Morgan fingerprint density at radius 1 is 0.750 bits per heavy atom. The molecule has 2 nitrogen and oxygen atoms in total. The number of alkyl halides is 3. The van der Waals surface area contributed by atoms with Crippen molar-refractivity contribution in [3.8, 4) is 11.3 Å². The van der Waals surface area contributed by atoms with Gasteiger partial charge in [0.2, 0.25) is 5.82 Å². The highest BCUT2D eigenvalue weighted by atomic mass is 19.4. The van der Waals surface area contributed by atoms with Gasteiger partial charge in [0.15, 0.2) is 23.3 Å². The molecule has 1 heterocycles. The fourth-order valence-electron chi connectivity index (χ4n) is 1.89. The number of hydrogen-bond acceptors (Lipinski definition) is 1. The van der Waals surface area contributed by atoms with Gasteiger partial charge in [0.1, 0.15) is 5.69 Å². The maximum Gasteiger partial charge on any atom is 0.513 e. The highest BCUT2D eigenvalue weighted by molar-refractivity contribution is 6.75. The van der Waals surface area contributed by atoms with Crippen LogP contribution in [0.5, 0.6) is 0 Å². The number of rotatable bonds is 2. The number of H-pyrrole nitrogens is 1. The molecule has 1 N–H and O–H groups in total. The van der Waals surface area contributed by atoms with E-state index in [2.05, 4.69) is 5.10 Å². The molecule has 0 spiro atoms. The highest BCUT2D eigenvalue weighted by Gasteiger charge is 2.45. The molecule has 24 heavy (non-hydrogen) atoms. The summed E-state index contributed by atoms with van der Waals surface area (Å²) in [5, 5.41) is 3.34. The van der Waals surface area contributed by atoms with E-state index in [9.17, 15) is 48.1 Å². The van der Waals surface area contributed by atoms with Gasteiger partial charge in [-0.2, -0.15) is 18.3 Å². The van der Waals surface area contributed by atoms with Crippen LogP contribution in [0.25, 0.3) is 11.3 Å². The molecule has 0 fully saturated rings. The van der Waals surface area contributed by atoms with Crippen molar-refractivity contribution in [2.75, 3.05) is 0 Å². The second kappa shape index (κ2) is 5.38. The molecule has 1 aromatic carbocycles. The van der Waals surface area contributed by atoms with Gasteiger partial charge < -0.3 is 12.9 Å². The van der Waals surface area contributed by atoms with E-state index >= 15 is 0 Å². The fraction of sp³-hybridized carbons (Fsp3) is 0.100. The summed E-state index contributed by atoms with van der Waals surface area (Å²) < 4.78 is 143. The molecule has 0 atom stereocenters. The first-order valence-electron chi connectivity index (χ1n) is 5.65. The van der Waals surface area contributed by atoms with Gasteiger partial charge in [-0.05, 0) is 5.46 Å². The number of aromatic nitrogens is 2. The molecule has 0 radical (unpaired) electrons. The van der Waals surface area contributed by atoms with Gasteiger partial charge in [-0.15, -0.1) is 0 Å². The standard InChI is InChI=1S/C10HBF11N2/c12-3-1(4(13)6(15)7(16)5(3)14)8-2(11(20,21)22)9(24-23-8)10(17,18)19/h(H,23,24)/q-1. The maximum atomic E-state index is 13.5. The molecule has 1 aromatic heterocycles. The van der Waals surface area contributed by atoms with E-state index in [1.807, 2.05) is 0 Å². The van der Waals surface area contributed by atoms with Gasteiger partial charge in [-0.1, -0.05) is 0 Å². The molecule has 2 aromatic rings. The number of nitrogens with one attached hydrogen (secondary N) is 1. The van der Waals surface area contributed by atoms with E-state index in [0.717, 1.165) is 5.10 Å². The van der Waals surface area contributed by atoms with Crippen molar-refractivity contribution in [1.29, 1.82) is 0 Å². The van der Waals surface area contributed by atoms with Crippen molar-refractivity contribution in [2.24, 2.45) is 0 Å². The zero-order valence-corrected chi connectivity index (χ0v) is 10.7. The van der Waals surface area contributed by atoms with Crippen LogP contribution in [-0.2, 0) is 6.18 Å². The van der Waals surface area contributed by atoms with Crippen LogP contribution < -0.4 is 5.46 Å². The SMILES string of the molecule is Fc1c(F)c(F)c(-c2n[nH]c(C(F)(F)F)c2[B-](F)(F)F)c(F)c1F. The van der Waals surface area contributed by atoms with Crippen LogP contribution in [0.15, 0.2) is 0 Å². The second-order valence-electron chi connectivity index (χ2n) is 4.38. The van der Waals surface area contributed by atoms with Crippen molar-refractivity contribution in [2.45, 2.75) is 6.18 Å². The molecule has 14 heteroatoms. The van der Waals surface area contributed by atoms with Crippen molar-refractivity contribution in [3.63, 3.8) is 0 Å². The molecular formula is C10HBF11N2-. The van der Waals surface area contributed by atoms with E-state index in [0.29, 0.717) is 0 Å². The van der Waals surface area contributed by atoms with Gasteiger partial charge >= 0.3 is 13.2 Å². The topological polar surface area (TPSA) is 28.7 Å². The number of nitrogens with zero attached hydrogens (tertiary/aromatic N) is 1. The summed E-state index contributed by atoms with van der Waals surface area (Å²) in [4.78, 5) is 0. The van der Waals surface area contributed by atoms with E-state index in [-0.39, 0.29) is 0 Å². The Balaban J connectivity index is 2.93. The molecule has 0 aliphatic rings. The van der Waals surface area contributed by atoms with E-state index in [1.165, 1.54) is 0 Å². The predicted octanol–water partition coefficient (Wildman–Crippen LogP) is 3.85. The zero-order valence-electron chi connectivity index (χ0n) is 10.7. The second-order valence-corrected chi connectivity index (χ2v) is 4.38. The van der Waals surface area contributed by atoms with Crippen molar-refractivity contribution >= 4 is 12.4 Å². The number of aromatic amines is 1. The first-order valence-corrected chi connectivity index (χ1v) is 5.65. The Morgan fingerprint density at radius 2 is 1.17 bits per heavy atom. The summed E-state index contributed by atoms with van der Waals surface area (Å²) in [6.07, 6.45) is -5.66. The Bertz CT molecular complexity index is 776. The Hall–Kier alpha value is -2.28. The van der Waals surface area contributed by atoms with Gasteiger partial charge in [0.05, 0.1) is 11.3 Å². The summed E-state index contributed by atoms with van der Waals surface area (Å²) in [6.45, 7) is -6.57. The lowest BCUT2D eigenvalue weighted by atomic mass is 9.76. The van der Waals surface area contributed by atoms with Crippen molar-refractivity contribution < 1.29 is 48.1 Å². The van der Waals surface area contributed by atoms with Crippen LogP contribution in [0.3, 0.4) is 0 Å². The van der Waals surface area contributed by atoms with Crippen LogP contribution in [0.4, 0.5) is 48.1 Å². The quantitative estimate of drug-likeness (QED) is 0.371. The lowest BCUT2D eigenvalue weighted by molar-refractivity contribution is -0.140. The Morgan fingerprint density at radius 3 is 1.54 bits per heavy atom. The normalized spacial score (nSPS) is 12.8. The molecule has 2 rings (SSSR count). The van der Waals surface area contributed by atoms with E-state index in [4.69, 9.17) is 0 Å². The summed E-state index contributed by atoms with van der Waals surface area (Å²) in [5.41, 5.74) is -9.46. The summed E-state index contributed by atoms with van der Waals surface area (Å²) >= 11 is 0. The minimum absolute atomic E-state index is 0.876. The predicted molar refractivity (Wildman–Crippen MR) is 57.5 cm³/mol. The lowest BCUT2D eigenvalue weighted by Gasteiger charge is -2.19. The molecule has 0 amide bonds. The van der Waals surface area contributed by atoms with Crippen LogP contribution in [0.1, 0.15) is 5.69 Å². The summed E-state index contributed by atoms with van der Waals surface area (Å²) in [6, 6.07) is 0. The molecule has 0 bridgehead atoms. The maximum absolute atomic E-state index is 13.5. The summed E-state index contributed by atoms with van der Waals surface area (Å²) in [5.74, 6) is -13.4. The largest absolute Gasteiger partial charge is 0.513 e. The van der Waals surface area contributed by atoms with Crippen molar-refractivity contribution in [3.05, 3.63) is 34.8 Å². The molecular weight excluding hydrogens is 368 g/mol. The number of benzene rings is 1. The molecule has 0 saturated carbocycles. The van der Waals surface area contributed by atoms with Gasteiger partial charge in [-0.25, -0.2) is 22.0 Å². The van der Waals surface area contributed by atoms with Crippen LogP contribution in [0.2, 0.25) is 0 Å². The van der Waals surface area contributed by atoms with Gasteiger partial charge in [0, 0.05) is 0 Å². The molecule has 132 valence electrons. The first kappa shape index (κ1) is 18.1. The molecule has 0 aliphatic carbocycles. The minimum atomic E-state index is -6.57. The number of hydrogen-bond donors (Lipinski definition) is 1. The fourth-order valence-corrected chi connectivity index (χ4v) is 1.89. The van der Waals surface area contributed by atoms with Crippen LogP contribution in [0, 0.1) is 29.1 Å². The van der Waals surface area contributed by atoms with E-state index in [1.54, 1.807) is 0 Å².